The summed E-state index contributed by atoms with van der Waals surface area (Å²) in [4.78, 5) is 14.2. The first kappa shape index (κ1) is 14.1. The number of benzene rings is 1. The molecule has 3 nitrogen and oxygen atoms in total. The van der Waals surface area contributed by atoms with Crippen LogP contribution in [0.4, 0.5) is 0 Å². The Kier molecular flexibility index (Phi) is 4.59. The number of esters is 1. The lowest BCUT2D eigenvalue weighted by atomic mass is 10.1. The minimum absolute atomic E-state index is 0.0462. The molecule has 0 N–H and O–H groups in total. The van der Waals surface area contributed by atoms with Crippen molar-refractivity contribution < 1.29 is 9.53 Å². The summed E-state index contributed by atoms with van der Waals surface area (Å²) in [6, 6.07) is 10.9. The van der Waals surface area contributed by atoms with Gasteiger partial charge in [-0.3, -0.25) is 9.69 Å². The summed E-state index contributed by atoms with van der Waals surface area (Å²) in [5, 5.41) is 0. The molecule has 19 heavy (non-hydrogen) atoms. The van der Waals surface area contributed by atoms with Crippen molar-refractivity contribution in [3.8, 4) is 0 Å². The number of ether oxygens (including phenoxy) is 1. The molecule has 0 radical (unpaired) electrons. The highest BCUT2D eigenvalue weighted by atomic mass is 16.5. The van der Waals surface area contributed by atoms with Crippen LogP contribution in [0, 0.1) is 0 Å². The second-order valence-electron chi connectivity index (χ2n) is 5.09. The SMILES string of the molecule is CCC[C@H]1[C@@H](C(=O)OCC)N1[C@@H](C)c1ccccc1. The maximum atomic E-state index is 12.0. The lowest BCUT2D eigenvalue weighted by Crippen LogP contribution is -2.18. The zero-order valence-electron chi connectivity index (χ0n) is 12.0. The largest absolute Gasteiger partial charge is 0.465 e. The van der Waals surface area contributed by atoms with Crippen LogP contribution in [0.1, 0.15) is 45.2 Å². The van der Waals surface area contributed by atoms with E-state index in [1.165, 1.54) is 5.56 Å². The molecule has 3 heteroatoms. The van der Waals surface area contributed by atoms with Crippen LogP contribution in [0.2, 0.25) is 0 Å². The van der Waals surface area contributed by atoms with Crippen molar-refractivity contribution >= 4 is 5.97 Å². The molecule has 0 bridgehead atoms. The Labute approximate surface area is 115 Å². The van der Waals surface area contributed by atoms with Gasteiger partial charge in [-0.05, 0) is 25.8 Å². The smallest absolute Gasteiger partial charge is 0.325 e. The topological polar surface area (TPSA) is 29.3 Å². The van der Waals surface area contributed by atoms with Gasteiger partial charge in [0.15, 0.2) is 0 Å². The Hall–Kier alpha value is -1.35. The minimum atomic E-state index is -0.0660. The number of hydrogen-bond donors (Lipinski definition) is 0. The molecule has 4 atom stereocenters. The number of hydrogen-bond acceptors (Lipinski definition) is 3. The molecule has 1 aliphatic rings. The molecule has 0 amide bonds. The monoisotopic (exact) mass is 261 g/mol. The first-order valence-corrected chi connectivity index (χ1v) is 7.19. The Morgan fingerprint density at radius 2 is 2.00 bits per heavy atom. The molecule has 0 aliphatic carbocycles. The highest BCUT2D eigenvalue weighted by molar-refractivity contribution is 5.80. The molecule has 0 aromatic heterocycles. The van der Waals surface area contributed by atoms with Crippen molar-refractivity contribution in [3.05, 3.63) is 35.9 Å². The summed E-state index contributed by atoms with van der Waals surface area (Å²) in [5.41, 5.74) is 1.26. The fourth-order valence-electron chi connectivity index (χ4n) is 2.84. The van der Waals surface area contributed by atoms with Gasteiger partial charge in [0, 0.05) is 12.1 Å². The van der Waals surface area contributed by atoms with Crippen LogP contribution < -0.4 is 0 Å². The third-order valence-corrected chi connectivity index (χ3v) is 3.82. The van der Waals surface area contributed by atoms with Gasteiger partial charge in [-0.15, -0.1) is 0 Å². The van der Waals surface area contributed by atoms with E-state index in [1.807, 2.05) is 25.1 Å². The molecule has 0 spiro atoms. The van der Waals surface area contributed by atoms with E-state index in [2.05, 4.69) is 30.9 Å². The maximum absolute atomic E-state index is 12.0. The van der Waals surface area contributed by atoms with Crippen molar-refractivity contribution in [2.24, 2.45) is 0 Å². The summed E-state index contributed by atoms with van der Waals surface area (Å²) in [5.74, 6) is -0.0660. The van der Waals surface area contributed by atoms with E-state index in [0.29, 0.717) is 12.6 Å². The van der Waals surface area contributed by atoms with Crippen LogP contribution in [0.25, 0.3) is 0 Å². The molecule has 1 aromatic rings. The summed E-state index contributed by atoms with van der Waals surface area (Å²) in [6.45, 7) is 6.64. The Morgan fingerprint density at radius 1 is 1.32 bits per heavy atom. The number of rotatable bonds is 6. The van der Waals surface area contributed by atoms with Gasteiger partial charge in [0.1, 0.15) is 6.04 Å². The molecule has 0 saturated carbocycles. The molecule has 1 heterocycles. The van der Waals surface area contributed by atoms with E-state index in [1.54, 1.807) is 0 Å². The van der Waals surface area contributed by atoms with Gasteiger partial charge in [0.2, 0.25) is 0 Å². The van der Waals surface area contributed by atoms with Crippen LogP contribution in [0.3, 0.4) is 0 Å². The van der Waals surface area contributed by atoms with Crippen LogP contribution >= 0.6 is 0 Å². The standard InChI is InChI=1S/C16H23NO2/c1-4-9-14-15(16(18)19-5-2)17(14)12(3)13-10-7-6-8-11-13/h6-8,10-12,14-15H,4-5,9H2,1-3H3/t12-,14-,15-,17?/m0/s1. The molecule has 1 saturated heterocycles. The summed E-state index contributed by atoms with van der Waals surface area (Å²) in [6.07, 6.45) is 2.15. The van der Waals surface area contributed by atoms with Gasteiger partial charge in [0.05, 0.1) is 6.61 Å². The number of nitrogens with zero attached hydrogens (tertiary/aromatic N) is 1. The number of carbonyl (C=O) groups excluding carboxylic acids is 1. The number of carbonyl (C=O) groups is 1. The first-order chi connectivity index (χ1) is 9.20. The molecular formula is C16H23NO2. The van der Waals surface area contributed by atoms with E-state index in [-0.39, 0.29) is 18.1 Å². The molecule has 1 aromatic carbocycles. The van der Waals surface area contributed by atoms with Crippen molar-refractivity contribution in [3.63, 3.8) is 0 Å². The summed E-state index contributed by atoms with van der Waals surface area (Å²) >= 11 is 0. The molecule has 1 fully saturated rings. The summed E-state index contributed by atoms with van der Waals surface area (Å²) < 4.78 is 5.18. The van der Waals surface area contributed by atoms with Gasteiger partial charge in [-0.25, -0.2) is 0 Å². The highest BCUT2D eigenvalue weighted by Crippen LogP contribution is 2.41. The van der Waals surface area contributed by atoms with Crippen molar-refractivity contribution in [2.45, 2.75) is 51.7 Å². The van der Waals surface area contributed by atoms with Crippen molar-refractivity contribution in [2.75, 3.05) is 6.61 Å². The predicted octanol–water partition coefficient (Wildman–Crippen LogP) is 3.16. The van der Waals surface area contributed by atoms with Crippen LogP contribution in [-0.4, -0.2) is 29.6 Å². The molecule has 2 rings (SSSR count). The minimum Gasteiger partial charge on any atom is -0.465 e. The normalized spacial score (nSPS) is 26.8. The van der Waals surface area contributed by atoms with Gasteiger partial charge in [-0.1, -0.05) is 43.7 Å². The molecule has 1 aliphatic heterocycles. The average molecular weight is 261 g/mol. The van der Waals surface area contributed by atoms with Gasteiger partial charge in [-0.2, -0.15) is 0 Å². The second-order valence-corrected chi connectivity index (χ2v) is 5.09. The Bertz CT molecular complexity index is 418. The fraction of sp³-hybridized carbons (Fsp3) is 0.562. The zero-order chi connectivity index (χ0) is 13.8. The van der Waals surface area contributed by atoms with E-state index >= 15 is 0 Å². The third kappa shape index (κ3) is 2.98. The highest BCUT2D eigenvalue weighted by Gasteiger charge is 2.54. The van der Waals surface area contributed by atoms with Crippen LogP contribution in [0.15, 0.2) is 30.3 Å². The fourth-order valence-corrected chi connectivity index (χ4v) is 2.84. The van der Waals surface area contributed by atoms with Gasteiger partial charge < -0.3 is 4.74 Å². The van der Waals surface area contributed by atoms with Crippen LogP contribution in [0.5, 0.6) is 0 Å². The molecular weight excluding hydrogens is 238 g/mol. The van der Waals surface area contributed by atoms with E-state index in [4.69, 9.17) is 4.74 Å². The second kappa shape index (κ2) is 6.20. The Balaban J connectivity index is 2.08. The zero-order valence-corrected chi connectivity index (χ0v) is 12.0. The van der Waals surface area contributed by atoms with E-state index in [0.717, 1.165) is 12.8 Å². The van der Waals surface area contributed by atoms with Gasteiger partial charge >= 0.3 is 5.97 Å². The van der Waals surface area contributed by atoms with Crippen LogP contribution in [-0.2, 0) is 9.53 Å². The molecule has 104 valence electrons. The summed E-state index contributed by atoms with van der Waals surface area (Å²) in [7, 11) is 0. The lowest BCUT2D eigenvalue weighted by Gasteiger charge is -2.15. The average Bonchev–Trinajstić information content (AvgIpc) is 3.14. The first-order valence-electron chi connectivity index (χ1n) is 7.19. The van der Waals surface area contributed by atoms with Crippen molar-refractivity contribution in [1.29, 1.82) is 0 Å². The lowest BCUT2D eigenvalue weighted by molar-refractivity contribution is -0.143. The maximum Gasteiger partial charge on any atom is 0.325 e. The third-order valence-electron chi connectivity index (χ3n) is 3.82. The predicted molar refractivity (Wildman–Crippen MR) is 75.8 cm³/mol. The van der Waals surface area contributed by atoms with E-state index in [9.17, 15) is 4.79 Å². The molecule has 1 unspecified atom stereocenters. The van der Waals surface area contributed by atoms with Gasteiger partial charge in [0.25, 0.3) is 0 Å². The van der Waals surface area contributed by atoms with E-state index < -0.39 is 0 Å². The van der Waals surface area contributed by atoms with Crippen molar-refractivity contribution in [1.82, 2.24) is 4.90 Å². The Morgan fingerprint density at radius 3 is 2.58 bits per heavy atom. The quantitative estimate of drug-likeness (QED) is 0.582.